The number of hydrogen-bond donors (Lipinski definition) is 2. The highest BCUT2D eigenvalue weighted by atomic mass is 79.9. The topological polar surface area (TPSA) is 71.8 Å². The second kappa shape index (κ2) is 2.42. The zero-order valence-corrected chi connectivity index (χ0v) is 6.90. The molecule has 0 aliphatic carbocycles. The molecule has 0 radical (unpaired) electrons. The highest BCUT2D eigenvalue weighted by Crippen LogP contribution is 2.10. The Kier molecular flexibility index (Phi) is 1.76. The van der Waals surface area contributed by atoms with Crippen LogP contribution in [0.3, 0.4) is 0 Å². The average Bonchev–Trinajstić information content (AvgIpc) is 2.13. The lowest BCUT2D eigenvalue weighted by Gasteiger charge is -1.82. The van der Waals surface area contributed by atoms with Gasteiger partial charge in [0.05, 0.1) is 0 Å². The van der Waals surface area contributed by atoms with Gasteiger partial charge in [-0.1, -0.05) is 0 Å². The van der Waals surface area contributed by atoms with Crippen molar-refractivity contribution < 1.29 is 4.79 Å². The first-order valence-electron chi connectivity index (χ1n) is 2.63. The molecule has 1 rings (SSSR count). The third-order valence-corrected chi connectivity index (χ3v) is 1.83. The van der Waals surface area contributed by atoms with Crippen LogP contribution in [-0.4, -0.2) is 15.9 Å². The number of nitrogens with one attached hydrogen (secondary N) is 1. The number of carbonyl (C=O) groups excluding carboxylic acids is 1. The van der Waals surface area contributed by atoms with Gasteiger partial charge in [0.25, 0.3) is 5.91 Å². The molecular formula is C5H6BrN3O. The zero-order chi connectivity index (χ0) is 7.72. The van der Waals surface area contributed by atoms with Crippen LogP contribution in [0.5, 0.6) is 0 Å². The van der Waals surface area contributed by atoms with E-state index in [-0.39, 0.29) is 5.82 Å². The van der Waals surface area contributed by atoms with Gasteiger partial charge in [-0.2, -0.15) is 0 Å². The Morgan fingerprint density at radius 2 is 2.40 bits per heavy atom. The lowest BCUT2D eigenvalue weighted by molar-refractivity contribution is 0.0991. The minimum atomic E-state index is -0.547. The van der Waals surface area contributed by atoms with E-state index in [0.717, 1.165) is 5.69 Å². The van der Waals surface area contributed by atoms with Gasteiger partial charge in [-0.3, -0.25) is 4.79 Å². The van der Waals surface area contributed by atoms with Crippen molar-refractivity contribution in [3.63, 3.8) is 0 Å². The van der Waals surface area contributed by atoms with E-state index in [1.165, 1.54) is 0 Å². The standard InChI is InChI=1S/C5H6BrN3O/c1-2-3(6)9-5(8-2)4(7)10/h1H3,(H2,7,10)(H,8,9). The van der Waals surface area contributed by atoms with Crippen molar-refractivity contribution in [1.29, 1.82) is 0 Å². The first kappa shape index (κ1) is 7.27. The number of H-pyrrole nitrogens is 1. The Morgan fingerprint density at radius 3 is 2.60 bits per heavy atom. The molecule has 5 heteroatoms. The van der Waals surface area contributed by atoms with Gasteiger partial charge in [-0.05, 0) is 22.9 Å². The van der Waals surface area contributed by atoms with E-state index in [1.807, 2.05) is 0 Å². The highest BCUT2D eigenvalue weighted by Gasteiger charge is 2.06. The molecule has 0 spiro atoms. The summed E-state index contributed by atoms with van der Waals surface area (Å²) in [5.41, 5.74) is 5.74. The first-order chi connectivity index (χ1) is 4.61. The summed E-state index contributed by atoms with van der Waals surface area (Å²) in [4.78, 5) is 17.0. The van der Waals surface area contributed by atoms with Crippen molar-refractivity contribution >= 4 is 21.8 Å². The SMILES string of the molecule is Cc1[nH]c(C(N)=O)nc1Br. The molecule has 0 aliphatic heterocycles. The van der Waals surface area contributed by atoms with E-state index in [1.54, 1.807) is 6.92 Å². The molecule has 3 N–H and O–H groups in total. The monoisotopic (exact) mass is 203 g/mol. The molecule has 0 atom stereocenters. The van der Waals surface area contributed by atoms with E-state index in [9.17, 15) is 4.79 Å². The lowest BCUT2D eigenvalue weighted by Crippen LogP contribution is -2.12. The number of aromatic nitrogens is 2. The third kappa shape index (κ3) is 1.18. The van der Waals surface area contributed by atoms with Crippen LogP contribution < -0.4 is 5.73 Å². The fraction of sp³-hybridized carbons (Fsp3) is 0.200. The Labute approximate surface area is 66.0 Å². The molecular weight excluding hydrogens is 198 g/mol. The number of aromatic amines is 1. The van der Waals surface area contributed by atoms with Crippen molar-refractivity contribution in [3.8, 4) is 0 Å². The van der Waals surface area contributed by atoms with Gasteiger partial charge < -0.3 is 10.7 Å². The summed E-state index contributed by atoms with van der Waals surface area (Å²) in [6.45, 7) is 1.80. The number of nitrogens with two attached hydrogens (primary N) is 1. The molecule has 0 fully saturated rings. The van der Waals surface area contributed by atoms with Crippen molar-refractivity contribution in [3.05, 3.63) is 16.1 Å². The van der Waals surface area contributed by atoms with Crippen LogP contribution in [0, 0.1) is 6.92 Å². The first-order valence-corrected chi connectivity index (χ1v) is 3.42. The van der Waals surface area contributed by atoms with Gasteiger partial charge >= 0.3 is 0 Å². The van der Waals surface area contributed by atoms with Gasteiger partial charge in [0, 0.05) is 5.69 Å². The maximum atomic E-state index is 10.5. The molecule has 0 bridgehead atoms. The number of primary amides is 1. The second-order valence-electron chi connectivity index (χ2n) is 1.87. The molecule has 10 heavy (non-hydrogen) atoms. The van der Waals surface area contributed by atoms with Crippen LogP contribution in [0.25, 0.3) is 0 Å². The van der Waals surface area contributed by atoms with E-state index in [0.29, 0.717) is 4.60 Å². The number of hydrogen-bond acceptors (Lipinski definition) is 2. The molecule has 1 amide bonds. The molecule has 0 saturated carbocycles. The number of amides is 1. The lowest BCUT2D eigenvalue weighted by atomic mass is 10.6. The zero-order valence-electron chi connectivity index (χ0n) is 5.31. The number of carbonyl (C=O) groups is 1. The Hall–Kier alpha value is -0.840. The summed E-state index contributed by atoms with van der Waals surface area (Å²) in [5, 5.41) is 0. The summed E-state index contributed by atoms with van der Waals surface area (Å²) < 4.78 is 0.626. The molecule has 0 aliphatic rings. The van der Waals surface area contributed by atoms with Gasteiger partial charge in [-0.15, -0.1) is 0 Å². The number of aryl methyl sites for hydroxylation is 1. The normalized spacial score (nSPS) is 9.80. The minimum absolute atomic E-state index is 0.185. The number of imidazole rings is 1. The van der Waals surface area contributed by atoms with E-state index in [2.05, 4.69) is 25.9 Å². The number of halogens is 1. The van der Waals surface area contributed by atoms with E-state index in [4.69, 9.17) is 5.73 Å². The quantitative estimate of drug-likeness (QED) is 0.702. The van der Waals surface area contributed by atoms with Crippen molar-refractivity contribution in [2.24, 2.45) is 5.73 Å². The third-order valence-electron chi connectivity index (χ3n) is 1.06. The Morgan fingerprint density at radius 1 is 1.80 bits per heavy atom. The van der Waals surface area contributed by atoms with Gasteiger partial charge in [-0.25, -0.2) is 4.98 Å². The molecule has 1 aromatic rings. The minimum Gasteiger partial charge on any atom is -0.363 e. The molecule has 1 aromatic heterocycles. The van der Waals surface area contributed by atoms with Gasteiger partial charge in [0.1, 0.15) is 4.60 Å². The summed E-state index contributed by atoms with van der Waals surface area (Å²) in [7, 11) is 0. The summed E-state index contributed by atoms with van der Waals surface area (Å²) in [6, 6.07) is 0. The average molecular weight is 204 g/mol. The van der Waals surface area contributed by atoms with Crippen LogP contribution in [0.15, 0.2) is 4.60 Å². The fourth-order valence-corrected chi connectivity index (χ4v) is 0.832. The summed E-state index contributed by atoms with van der Waals surface area (Å²) >= 11 is 3.13. The Balaban J connectivity index is 3.10. The van der Waals surface area contributed by atoms with E-state index < -0.39 is 5.91 Å². The Bertz CT molecular complexity index is 248. The second-order valence-corrected chi connectivity index (χ2v) is 2.62. The summed E-state index contributed by atoms with van der Waals surface area (Å²) in [6.07, 6.45) is 0. The fourth-order valence-electron chi connectivity index (χ4n) is 0.556. The molecule has 0 aromatic carbocycles. The summed E-state index contributed by atoms with van der Waals surface area (Å²) in [5.74, 6) is -0.363. The van der Waals surface area contributed by atoms with Gasteiger partial charge in [0.15, 0.2) is 5.82 Å². The van der Waals surface area contributed by atoms with Crippen LogP contribution >= 0.6 is 15.9 Å². The molecule has 1 heterocycles. The van der Waals surface area contributed by atoms with Gasteiger partial charge in [0.2, 0.25) is 0 Å². The van der Waals surface area contributed by atoms with E-state index >= 15 is 0 Å². The largest absolute Gasteiger partial charge is 0.363 e. The predicted molar refractivity (Wildman–Crippen MR) is 39.5 cm³/mol. The van der Waals surface area contributed by atoms with Crippen molar-refractivity contribution in [2.45, 2.75) is 6.92 Å². The smallest absolute Gasteiger partial charge is 0.284 e. The van der Waals surface area contributed by atoms with Crippen LogP contribution in [0.1, 0.15) is 16.3 Å². The molecule has 0 unspecified atom stereocenters. The molecule has 54 valence electrons. The maximum absolute atomic E-state index is 10.5. The van der Waals surface area contributed by atoms with Crippen molar-refractivity contribution in [2.75, 3.05) is 0 Å². The van der Waals surface area contributed by atoms with Crippen LogP contribution in [0.2, 0.25) is 0 Å². The number of rotatable bonds is 1. The maximum Gasteiger partial charge on any atom is 0.284 e. The number of nitrogens with zero attached hydrogens (tertiary/aromatic N) is 1. The van der Waals surface area contributed by atoms with Crippen LogP contribution in [-0.2, 0) is 0 Å². The van der Waals surface area contributed by atoms with Crippen LogP contribution in [0.4, 0.5) is 0 Å². The highest BCUT2D eigenvalue weighted by molar-refractivity contribution is 9.10. The molecule has 4 nitrogen and oxygen atoms in total. The molecule has 0 saturated heterocycles. The van der Waals surface area contributed by atoms with Crippen molar-refractivity contribution in [1.82, 2.24) is 9.97 Å². The predicted octanol–water partition coefficient (Wildman–Crippen LogP) is 0.580.